The largest absolute Gasteiger partial charge is 0.347 e. The van der Waals surface area contributed by atoms with Crippen LogP contribution in [0.25, 0.3) is 0 Å². The van der Waals surface area contributed by atoms with E-state index in [1.165, 1.54) is 12.8 Å². The van der Waals surface area contributed by atoms with Gasteiger partial charge >= 0.3 is 0 Å². The molecule has 78 valence electrons. The molecule has 0 amide bonds. The fourth-order valence-electron chi connectivity index (χ4n) is 1.44. The molecule has 1 aliphatic heterocycles. The third kappa shape index (κ3) is 2.37. The van der Waals surface area contributed by atoms with E-state index in [-0.39, 0.29) is 0 Å². The SMILES string of the molecule is NCCSc1nnc(N2CCCC2)s1. The summed E-state index contributed by atoms with van der Waals surface area (Å²) in [7, 11) is 0. The lowest BCUT2D eigenvalue weighted by Gasteiger charge is -2.10. The van der Waals surface area contributed by atoms with Crippen LogP contribution >= 0.6 is 23.1 Å². The molecule has 0 atom stereocenters. The van der Waals surface area contributed by atoms with Gasteiger partial charge in [-0.3, -0.25) is 0 Å². The zero-order valence-corrected chi connectivity index (χ0v) is 9.61. The predicted octanol–water partition coefficient (Wildman–Crippen LogP) is 1.19. The Morgan fingerprint density at radius 2 is 2.14 bits per heavy atom. The number of thioether (sulfide) groups is 1. The van der Waals surface area contributed by atoms with Gasteiger partial charge in [-0.15, -0.1) is 10.2 Å². The molecule has 6 heteroatoms. The smallest absolute Gasteiger partial charge is 0.209 e. The van der Waals surface area contributed by atoms with E-state index in [1.807, 2.05) is 0 Å². The zero-order chi connectivity index (χ0) is 9.80. The van der Waals surface area contributed by atoms with Gasteiger partial charge in [0, 0.05) is 25.4 Å². The molecule has 2 heterocycles. The van der Waals surface area contributed by atoms with E-state index >= 15 is 0 Å². The summed E-state index contributed by atoms with van der Waals surface area (Å²) in [5, 5.41) is 9.39. The van der Waals surface area contributed by atoms with E-state index in [4.69, 9.17) is 5.73 Å². The van der Waals surface area contributed by atoms with Crippen LogP contribution in [0.4, 0.5) is 5.13 Å². The Morgan fingerprint density at radius 1 is 1.36 bits per heavy atom. The van der Waals surface area contributed by atoms with Gasteiger partial charge in [0.2, 0.25) is 5.13 Å². The number of aromatic nitrogens is 2. The fraction of sp³-hybridized carbons (Fsp3) is 0.750. The van der Waals surface area contributed by atoms with Gasteiger partial charge in [0.25, 0.3) is 0 Å². The van der Waals surface area contributed by atoms with Crippen molar-refractivity contribution in [3.05, 3.63) is 0 Å². The van der Waals surface area contributed by atoms with Gasteiger partial charge in [-0.2, -0.15) is 0 Å². The number of rotatable bonds is 4. The van der Waals surface area contributed by atoms with Gasteiger partial charge in [-0.05, 0) is 12.8 Å². The van der Waals surface area contributed by atoms with Crippen LogP contribution < -0.4 is 10.6 Å². The molecule has 0 aliphatic carbocycles. The molecule has 0 unspecified atom stereocenters. The number of hydrogen-bond donors (Lipinski definition) is 1. The highest BCUT2D eigenvalue weighted by Crippen LogP contribution is 2.29. The molecule has 2 N–H and O–H groups in total. The van der Waals surface area contributed by atoms with Crippen LogP contribution in [0.2, 0.25) is 0 Å². The first kappa shape index (κ1) is 10.2. The molecule has 1 fully saturated rings. The van der Waals surface area contributed by atoms with Gasteiger partial charge in [-0.25, -0.2) is 0 Å². The van der Waals surface area contributed by atoms with E-state index in [2.05, 4.69) is 15.1 Å². The number of nitrogens with zero attached hydrogens (tertiary/aromatic N) is 3. The van der Waals surface area contributed by atoms with Gasteiger partial charge in [0.05, 0.1) is 0 Å². The average Bonchev–Trinajstić information content (AvgIpc) is 2.85. The van der Waals surface area contributed by atoms with Crippen LogP contribution in [-0.2, 0) is 0 Å². The van der Waals surface area contributed by atoms with Crippen molar-refractivity contribution in [3.63, 3.8) is 0 Å². The van der Waals surface area contributed by atoms with Gasteiger partial charge in [-0.1, -0.05) is 23.1 Å². The average molecular weight is 230 g/mol. The van der Waals surface area contributed by atoms with E-state index in [1.54, 1.807) is 23.1 Å². The van der Waals surface area contributed by atoms with Crippen molar-refractivity contribution in [2.75, 3.05) is 30.3 Å². The second-order valence-electron chi connectivity index (χ2n) is 3.18. The van der Waals surface area contributed by atoms with Crippen molar-refractivity contribution in [2.24, 2.45) is 5.73 Å². The second-order valence-corrected chi connectivity index (χ2v) is 5.48. The first-order valence-electron chi connectivity index (χ1n) is 4.81. The van der Waals surface area contributed by atoms with Crippen LogP contribution in [0.5, 0.6) is 0 Å². The van der Waals surface area contributed by atoms with Crippen LogP contribution in [0.15, 0.2) is 4.34 Å². The Balaban J connectivity index is 1.94. The second kappa shape index (κ2) is 4.95. The summed E-state index contributed by atoms with van der Waals surface area (Å²) in [4.78, 5) is 2.31. The zero-order valence-electron chi connectivity index (χ0n) is 7.98. The van der Waals surface area contributed by atoms with Crippen LogP contribution in [0, 0.1) is 0 Å². The lowest BCUT2D eigenvalue weighted by Crippen LogP contribution is -2.17. The first-order chi connectivity index (χ1) is 6.90. The third-order valence-corrected chi connectivity index (χ3v) is 4.27. The molecule has 14 heavy (non-hydrogen) atoms. The summed E-state index contributed by atoms with van der Waals surface area (Å²) >= 11 is 3.37. The first-order valence-corrected chi connectivity index (χ1v) is 6.61. The standard InChI is InChI=1S/C8H14N4S2/c9-3-6-13-8-11-10-7(14-8)12-4-1-2-5-12/h1-6,9H2. The summed E-state index contributed by atoms with van der Waals surface area (Å²) in [6.45, 7) is 2.97. The Hall–Kier alpha value is -0.330. The predicted molar refractivity (Wildman–Crippen MR) is 61.1 cm³/mol. The summed E-state index contributed by atoms with van der Waals surface area (Å²) in [6.07, 6.45) is 2.57. The molecule has 1 aromatic rings. The Morgan fingerprint density at radius 3 is 2.86 bits per heavy atom. The number of hydrogen-bond acceptors (Lipinski definition) is 6. The Labute approximate surface area is 91.9 Å². The molecule has 0 spiro atoms. The molecule has 0 bridgehead atoms. The summed E-state index contributed by atoms with van der Waals surface area (Å²) in [6, 6.07) is 0. The molecule has 0 aromatic carbocycles. The highest BCUT2D eigenvalue weighted by Gasteiger charge is 2.16. The maximum atomic E-state index is 5.43. The normalized spacial score (nSPS) is 16.5. The van der Waals surface area contributed by atoms with E-state index in [0.29, 0.717) is 6.54 Å². The molecular formula is C8H14N4S2. The molecule has 0 radical (unpaired) electrons. The van der Waals surface area contributed by atoms with Crippen molar-refractivity contribution in [2.45, 2.75) is 17.2 Å². The lowest BCUT2D eigenvalue weighted by molar-refractivity contribution is 0.912. The minimum Gasteiger partial charge on any atom is -0.347 e. The Kier molecular flexibility index (Phi) is 3.61. The van der Waals surface area contributed by atoms with Gasteiger partial charge in [0.1, 0.15) is 0 Å². The number of nitrogens with two attached hydrogens (primary N) is 1. The summed E-state index contributed by atoms with van der Waals surface area (Å²) in [5.74, 6) is 0.925. The molecule has 0 saturated carbocycles. The molecule has 1 saturated heterocycles. The van der Waals surface area contributed by atoms with Gasteiger partial charge < -0.3 is 10.6 Å². The minimum absolute atomic E-state index is 0.698. The number of anilines is 1. The van der Waals surface area contributed by atoms with Crippen LogP contribution in [0.3, 0.4) is 0 Å². The van der Waals surface area contributed by atoms with Crippen LogP contribution in [-0.4, -0.2) is 35.6 Å². The fourth-order valence-corrected chi connectivity index (χ4v) is 3.17. The molecular weight excluding hydrogens is 216 g/mol. The Bertz CT molecular complexity index is 283. The highest BCUT2D eigenvalue weighted by atomic mass is 32.2. The lowest BCUT2D eigenvalue weighted by atomic mass is 10.4. The van der Waals surface area contributed by atoms with E-state index in [9.17, 15) is 0 Å². The van der Waals surface area contributed by atoms with E-state index < -0.39 is 0 Å². The molecule has 1 aromatic heterocycles. The van der Waals surface area contributed by atoms with Gasteiger partial charge in [0.15, 0.2) is 4.34 Å². The quantitative estimate of drug-likeness (QED) is 0.787. The van der Waals surface area contributed by atoms with Crippen molar-refractivity contribution in [1.82, 2.24) is 10.2 Å². The maximum Gasteiger partial charge on any atom is 0.209 e. The monoisotopic (exact) mass is 230 g/mol. The summed E-state index contributed by atoms with van der Waals surface area (Å²) in [5.41, 5.74) is 5.43. The summed E-state index contributed by atoms with van der Waals surface area (Å²) < 4.78 is 1.04. The third-order valence-electron chi connectivity index (χ3n) is 2.12. The van der Waals surface area contributed by atoms with E-state index in [0.717, 1.165) is 28.3 Å². The molecule has 1 aliphatic rings. The topological polar surface area (TPSA) is 55.0 Å². The van der Waals surface area contributed by atoms with Crippen molar-refractivity contribution < 1.29 is 0 Å². The maximum absolute atomic E-state index is 5.43. The minimum atomic E-state index is 0.698. The van der Waals surface area contributed by atoms with Crippen molar-refractivity contribution in [1.29, 1.82) is 0 Å². The van der Waals surface area contributed by atoms with Crippen molar-refractivity contribution in [3.8, 4) is 0 Å². The molecule has 2 rings (SSSR count). The van der Waals surface area contributed by atoms with Crippen molar-refractivity contribution >= 4 is 28.2 Å². The van der Waals surface area contributed by atoms with Crippen LogP contribution in [0.1, 0.15) is 12.8 Å². The highest BCUT2D eigenvalue weighted by molar-refractivity contribution is 8.01. The molecule has 4 nitrogen and oxygen atoms in total.